The Morgan fingerprint density at radius 3 is 2.75 bits per heavy atom. The van der Waals surface area contributed by atoms with E-state index in [2.05, 4.69) is 5.32 Å². The first kappa shape index (κ1) is 15.8. The van der Waals surface area contributed by atoms with Gasteiger partial charge < -0.3 is 19.6 Å². The highest BCUT2D eigenvalue weighted by Crippen LogP contribution is 2.27. The molecule has 2 aromatic rings. The molecule has 3 rings (SSSR count). The van der Waals surface area contributed by atoms with E-state index < -0.39 is 11.8 Å². The maximum absolute atomic E-state index is 12.2. The van der Waals surface area contributed by atoms with Crippen molar-refractivity contribution < 1.29 is 23.8 Å². The van der Waals surface area contributed by atoms with Gasteiger partial charge in [-0.1, -0.05) is 12.1 Å². The Kier molecular flexibility index (Phi) is 4.62. The molecule has 0 aliphatic carbocycles. The molecule has 124 valence electrons. The molecule has 1 aliphatic heterocycles. The Labute approximate surface area is 138 Å². The summed E-state index contributed by atoms with van der Waals surface area (Å²) in [7, 11) is 0. The quantitative estimate of drug-likeness (QED) is 0.749. The number of rotatable bonds is 7. The highest BCUT2D eigenvalue weighted by Gasteiger charge is 2.30. The van der Waals surface area contributed by atoms with Gasteiger partial charge in [0.25, 0.3) is 11.8 Å². The largest absolute Gasteiger partial charge is 0.483 e. The van der Waals surface area contributed by atoms with Crippen LogP contribution in [0.2, 0.25) is 0 Å². The molecule has 2 heterocycles. The van der Waals surface area contributed by atoms with Crippen LogP contribution in [-0.4, -0.2) is 35.0 Å². The summed E-state index contributed by atoms with van der Waals surface area (Å²) in [5, 5.41) is 11.8. The van der Waals surface area contributed by atoms with Crippen molar-refractivity contribution in [2.75, 3.05) is 18.5 Å². The van der Waals surface area contributed by atoms with E-state index in [0.717, 1.165) is 4.90 Å². The van der Waals surface area contributed by atoms with Crippen molar-refractivity contribution in [1.82, 2.24) is 4.90 Å². The lowest BCUT2D eigenvalue weighted by atomic mass is 10.2. The van der Waals surface area contributed by atoms with Gasteiger partial charge in [-0.05, 0) is 24.3 Å². The lowest BCUT2D eigenvalue weighted by molar-refractivity contribution is -0.137. The lowest BCUT2D eigenvalue weighted by Gasteiger charge is -2.15. The molecule has 0 radical (unpaired) electrons. The average molecular weight is 328 g/mol. The van der Waals surface area contributed by atoms with Crippen molar-refractivity contribution in [3.05, 3.63) is 60.2 Å². The van der Waals surface area contributed by atoms with E-state index in [1.54, 1.807) is 42.7 Å². The van der Waals surface area contributed by atoms with Gasteiger partial charge in [-0.25, -0.2) is 0 Å². The number of hydrogen-bond donors (Lipinski definition) is 2. The number of carbonyl (C=O) groups is 2. The molecular weight excluding hydrogens is 312 g/mol. The van der Waals surface area contributed by atoms with Crippen LogP contribution in [0.3, 0.4) is 0 Å². The molecule has 0 saturated heterocycles. The fourth-order valence-electron chi connectivity index (χ4n) is 2.29. The minimum Gasteiger partial charge on any atom is -0.483 e. The van der Waals surface area contributed by atoms with Crippen LogP contribution < -0.4 is 10.1 Å². The first-order valence-electron chi connectivity index (χ1n) is 7.38. The van der Waals surface area contributed by atoms with Crippen molar-refractivity contribution in [1.29, 1.82) is 0 Å². The van der Waals surface area contributed by atoms with Crippen LogP contribution in [0.1, 0.15) is 5.76 Å². The third-order valence-corrected chi connectivity index (χ3v) is 3.44. The molecule has 0 atom stereocenters. The van der Waals surface area contributed by atoms with E-state index in [-0.39, 0.29) is 25.5 Å². The van der Waals surface area contributed by atoms with Crippen molar-refractivity contribution in [2.24, 2.45) is 0 Å². The van der Waals surface area contributed by atoms with Gasteiger partial charge in [0.05, 0.1) is 25.1 Å². The molecule has 1 aliphatic rings. The zero-order valence-electron chi connectivity index (χ0n) is 12.8. The van der Waals surface area contributed by atoms with E-state index >= 15 is 0 Å². The van der Waals surface area contributed by atoms with E-state index in [1.165, 1.54) is 6.08 Å². The second kappa shape index (κ2) is 7.01. The van der Waals surface area contributed by atoms with Gasteiger partial charge in [0, 0.05) is 6.08 Å². The van der Waals surface area contributed by atoms with E-state index in [4.69, 9.17) is 14.3 Å². The third-order valence-electron chi connectivity index (χ3n) is 3.44. The Hall–Kier alpha value is -3.06. The first-order valence-corrected chi connectivity index (χ1v) is 7.38. The Balaban J connectivity index is 1.72. The number of benzene rings is 1. The van der Waals surface area contributed by atoms with Crippen LogP contribution >= 0.6 is 0 Å². The molecule has 24 heavy (non-hydrogen) atoms. The first-order chi connectivity index (χ1) is 11.7. The lowest BCUT2D eigenvalue weighted by Crippen LogP contribution is -2.34. The second-order valence-electron chi connectivity index (χ2n) is 5.07. The SMILES string of the molecule is O=C1C=C(Nc2ccccc2OCc2ccco2)C(=O)N1CCO. The van der Waals surface area contributed by atoms with E-state index in [9.17, 15) is 9.59 Å². The highest BCUT2D eigenvalue weighted by molar-refractivity contribution is 6.17. The number of β-amino-alcohol motifs (C(OH)–C–C–N with tert-alkyl or cyclic N) is 1. The second-order valence-corrected chi connectivity index (χ2v) is 5.07. The monoisotopic (exact) mass is 328 g/mol. The highest BCUT2D eigenvalue weighted by atomic mass is 16.5. The summed E-state index contributed by atoms with van der Waals surface area (Å²) in [6, 6.07) is 10.6. The summed E-state index contributed by atoms with van der Waals surface area (Å²) in [4.78, 5) is 24.9. The van der Waals surface area contributed by atoms with Crippen LogP contribution in [0.25, 0.3) is 0 Å². The van der Waals surface area contributed by atoms with Crippen LogP contribution in [-0.2, 0) is 16.2 Å². The van der Waals surface area contributed by atoms with Crippen LogP contribution in [0.15, 0.2) is 58.9 Å². The Morgan fingerprint density at radius 1 is 1.17 bits per heavy atom. The van der Waals surface area contributed by atoms with Crippen molar-refractivity contribution in [2.45, 2.75) is 6.61 Å². The zero-order chi connectivity index (χ0) is 16.9. The van der Waals surface area contributed by atoms with Gasteiger partial charge in [0.15, 0.2) is 0 Å². The summed E-state index contributed by atoms with van der Waals surface area (Å²) in [6.45, 7) is -0.0638. The van der Waals surface area contributed by atoms with Crippen molar-refractivity contribution >= 4 is 17.5 Å². The molecule has 2 N–H and O–H groups in total. The summed E-state index contributed by atoms with van der Waals surface area (Å²) in [5.41, 5.74) is 0.699. The molecule has 0 unspecified atom stereocenters. The van der Waals surface area contributed by atoms with E-state index in [0.29, 0.717) is 17.2 Å². The number of aliphatic hydroxyl groups excluding tert-OH is 1. The number of hydrogen-bond acceptors (Lipinski definition) is 6. The number of nitrogens with one attached hydrogen (secondary N) is 1. The Bertz CT molecular complexity index is 767. The van der Waals surface area contributed by atoms with Gasteiger partial charge in [-0.15, -0.1) is 0 Å². The summed E-state index contributed by atoms with van der Waals surface area (Å²) >= 11 is 0. The smallest absolute Gasteiger partial charge is 0.277 e. The molecule has 7 heteroatoms. The molecular formula is C17H16N2O5. The fourth-order valence-corrected chi connectivity index (χ4v) is 2.29. The number of para-hydroxylation sites is 2. The minimum absolute atomic E-state index is 0.0318. The maximum Gasteiger partial charge on any atom is 0.277 e. The maximum atomic E-state index is 12.2. The molecule has 2 amide bonds. The normalized spacial score (nSPS) is 14.0. The van der Waals surface area contributed by atoms with Crippen molar-refractivity contribution in [3.8, 4) is 5.75 Å². The van der Waals surface area contributed by atoms with Gasteiger partial charge in [-0.3, -0.25) is 14.5 Å². The van der Waals surface area contributed by atoms with Crippen LogP contribution in [0.5, 0.6) is 5.75 Å². The summed E-state index contributed by atoms with van der Waals surface area (Å²) in [5.74, 6) is 0.265. The van der Waals surface area contributed by atoms with Crippen LogP contribution in [0.4, 0.5) is 5.69 Å². The van der Waals surface area contributed by atoms with E-state index in [1.807, 2.05) is 0 Å². The standard InChI is InChI=1S/C17H16N2O5/c20-8-7-19-16(21)10-14(17(19)22)18-13-5-1-2-6-15(13)24-11-12-4-3-9-23-12/h1-6,9-10,18,20H,7-8,11H2. The predicted molar refractivity (Wildman–Crippen MR) is 85.0 cm³/mol. The number of anilines is 1. The molecule has 7 nitrogen and oxygen atoms in total. The van der Waals surface area contributed by atoms with Crippen molar-refractivity contribution in [3.63, 3.8) is 0 Å². The number of ether oxygens (including phenoxy) is 1. The van der Waals surface area contributed by atoms with Gasteiger partial charge in [0.1, 0.15) is 23.8 Å². The number of imide groups is 1. The molecule has 0 fully saturated rings. The number of nitrogens with zero attached hydrogens (tertiary/aromatic N) is 1. The molecule has 0 bridgehead atoms. The van der Waals surface area contributed by atoms with Crippen LogP contribution in [0, 0.1) is 0 Å². The number of amides is 2. The van der Waals surface area contributed by atoms with Gasteiger partial charge in [0.2, 0.25) is 0 Å². The van der Waals surface area contributed by atoms with Gasteiger partial charge in [-0.2, -0.15) is 0 Å². The molecule has 0 saturated carbocycles. The average Bonchev–Trinajstić information content (AvgIpc) is 3.19. The topological polar surface area (TPSA) is 92.0 Å². The number of carbonyl (C=O) groups excluding carboxylic acids is 2. The predicted octanol–water partition coefficient (Wildman–Crippen LogP) is 1.52. The Morgan fingerprint density at radius 2 is 2.00 bits per heavy atom. The van der Waals surface area contributed by atoms with Gasteiger partial charge >= 0.3 is 0 Å². The molecule has 0 spiro atoms. The summed E-state index contributed by atoms with van der Waals surface area (Å²) in [6.07, 6.45) is 2.77. The molecule has 1 aromatic carbocycles. The number of furan rings is 1. The summed E-state index contributed by atoms with van der Waals surface area (Å²) < 4.78 is 10.9. The third kappa shape index (κ3) is 3.31. The fraction of sp³-hybridized carbons (Fsp3) is 0.176. The minimum atomic E-state index is -0.477. The molecule has 1 aromatic heterocycles. The zero-order valence-corrected chi connectivity index (χ0v) is 12.8. The number of aliphatic hydroxyl groups is 1.